The lowest BCUT2D eigenvalue weighted by atomic mass is 10.0. The summed E-state index contributed by atoms with van der Waals surface area (Å²) >= 11 is 0. The van der Waals surface area contributed by atoms with E-state index in [4.69, 9.17) is 18.9 Å². The number of benzene rings is 1. The van der Waals surface area contributed by atoms with E-state index in [2.05, 4.69) is 21.5 Å². The predicted octanol–water partition coefficient (Wildman–Crippen LogP) is 3.02. The van der Waals surface area contributed by atoms with Gasteiger partial charge in [0, 0.05) is 38.3 Å². The number of nitrogens with zero attached hydrogens (tertiary/aromatic N) is 3. The topological polar surface area (TPSA) is 252 Å². The summed E-state index contributed by atoms with van der Waals surface area (Å²) in [5, 5.41) is 15.0. The van der Waals surface area contributed by atoms with E-state index in [1.807, 2.05) is 13.8 Å². The lowest BCUT2D eigenvalue weighted by Gasteiger charge is -2.30. The third-order valence-corrected chi connectivity index (χ3v) is 8.23. The van der Waals surface area contributed by atoms with Crippen LogP contribution in [0.5, 0.6) is 0 Å². The summed E-state index contributed by atoms with van der Waals surface area (Å²) in [6.45, 7) is 23.2. The van der Waals surface area contributed by atoms with Crippen molar-refractivity contribution in [3.8, 4) is 0 Å². The van der Waals surface area contributed by atoms with Gasteiger partial charge in [0.1, 0.15) is 28.4 Å². The number of carbonyl (C=O) groups excluding carboxylic acids is 7. The number of nitrogens with one attached hydrogen (secondary N) is 4. The van der Waals surface area contributed by atoms with E-state index >= 15 is 0 Å². The molecule has 5 N–H and O–H groups in total. The van der Waals surface area contributed by atoms with Crippen molar-refractivity contribution in [1.29, 1.82) is 0 Å². The summed E-state index contributed by atoms with van der Waals surface area (Å²) < 4.78 is 21.7. The summed E-state index contributed by atoms with van der Waals surface area (Å²) in [6.07, 6.45) is -0.480. The van der Waals surface area contributed by atoms with E-state index in [0.29, 0.717) is 5.56 Å². The van der Waals surface area contributed by atoms with Gasteiger partial charge in [-0.25, -0.2) is 4.79 Å². The fourth-order valence-electron chi connectivity index (χ4n) is 5.79. The highest BCUT2D eigenvalue weighted by Gasteiger charge is 2.28. The number of rotatable bonds is 23. The molecule has 0 saturated carbocycles. The van der Waals surface area contributed by atoms with E-state index in [-0.39, 0.29) is 76.8 Å². The molecule has 4 amide bonds. The molecule has 0 aromatic heterocycles. The number of hydrogen-bond donors (Lipinski definition) is 5. The van der Waals surface area contributed by atoms with Crippen molar-refractivity contribution in [2.24, 2.45) is 5.92 Å². The number of amides is 4. The largest absolute Gasteiger partial charge is 0.480 e. The summed E-state index contributed by atoms with van der Waals surface area (Å²) in [7, 11) is 0. The van der Waals surface area contributed by atoms with Gasteiger partial charge in [0.25, 0.3) is 11.8 Å². The fourth-order valence-corrected chi connectivity index (χ4v) is 5.79. The molecule has 0 bridgehead atoms. The second-order valence-corrected chi connectivity index (χ2v) is 20.1. The molecule has 0 heterocycles. The van der Waals surface area contributed by atoms with Gasteiger partial charge in [-0.2, -0.15) is 0 Å². The van der Waals surface area contributed by atoms with Crippen LogP contribution in [-0.2, 0) is 54.3 Å². The average Bonchev–Trinajstić information content (AvgIpc) is 3.10. The quantitative estimate of drug-likeness (QED) is 0.0601. The maximum absolute atomic E-state index is 13.4. The Kier molecular flexibility index (Phi) is 23.0. The molecular formula is C45H75N7O13. The van der Waals surface area contributed by atoms with Crippen molar-refractivity contribution in [1.82, 2.24) is 36.2 Å². The summed E-state index contributed by atoms with van der Waals surface area (Å²) in [6, 6.07) is 5.27. The number of ether oxygens (including phenoxy) is 4. The molecule has 368 valence electrons. The molecule has 0 radical (unpaired) electrons. The van der Waals surface area contributed by atoms with E-state index in [0.717, 1.165) is 0 Å². The van der Waals surface area contributed by atoms with Gasteiger partial charge in [0.2, 0.25) is 5.91 Å². The Morgan fingerprint density at radius 2 is 0.985 bits per heavy atom. The molecule has 0 unspecified atom stereocenters. The molecule has 1 rings (SSSR count). The molecule has 65 heavy (non-hydrogen) atoms. The van der Waals surface area contributed by atoms with Crippen molar-refractivity contribution in [2.45, 2.75) is 138 Å². The molecule has 0 aliphatic rings. The molecule has 1 aromatic rings. The minimum atomic E-state index is -1.17. The van der Waals surface area contributed by atoms with Gasteiger partial charge in [0.15, 0.2) is 0 Å². The minimum absolute atomic E-state index is 0.0366. The summed E-state index contributed by atoms with van der Waals surface area (Å²) in [4.78, 5) is 106. The number of carboxylic acids is 1. The zero-order valence-electron chi connectivity index (χ0n) is 40.9. The van der Waals surface area contributed by atoms with Crippen molar-refractivity contribution in [2.75, 3.05) is 58.9 Å². The van der Waals surface area contributed by atoms with Crippen molar-refractivity contribution in [3.05, 3.63) is 35.4 Å². The van der Waals surface area contributed by atoms with E-state index in [1.54, 1.807) is 100 Å². The van der Waals surface area contributed by atoms with Crippen molar-refractivity contribution >= 4 is 47.7 Å². The van der Waals surface area contributed by atoms with Gasteiger partial charge in [-0.1, -0.05) is 26.0 Å². The Morgan fingerprint density at radius 3 is 1.38 bits per heavy atom. The normalized spacial score (nSPS) is 12.6. The Morgan fingerprint density at radius 1 is 0.569 bits per heavy atom. The number of esters is 3. The molecule has 0 aliphatic carbocycles. The number of aliphatic carboxylic acids is 1. The number of hydrogen-bond acceptors (Lipinski definition) is 15. The molecule has 20 nitrogen and oxygen atoms in total. The number of carbonyl (C=O) groups is 8. The van der Waals surface area contributed by atoms with E-state index in [1.165, 1.54) is 21.9 Å². The standard InChI is InChI=1S/C45H75N7O13/c1-30(2)23-33(47-41(61)65-45(12,13)14)40(60)49-48-39(59)32-17-15-31(16-18-32)24-46-34(53)25-50(19-21-51(26-35(54)55)27-36(56)62-42(3,4)5)20-22-52(28-37(57)63-43(6,7)8)29-38(58)64-44(9,10)11/h15-18,30,33H,19-29H2,1-14H3,(H,46,53)(H,47,61)(H,48,59)(H,49,60)(H,54,55)/t33-/m1/s1. The van der Waals surface area contributed by atoms with E-state index in [9.17, 15) is 43.5 Å². The Hall–Kier alpha value is -5.34. The SMILES string of the molecule is CC(C)C[C@@H](NC(=O)OC(C)(C)C)C(=O)NNC(=O)c1ccc(CNC(=O)CN(CCN(CC(=O)O)CC(=O)OC(C)(C)C)CCN(CC(=O)OC(C)(C)C)CC(=O)OC(C)(C)C)cc1. The van der Waals surface area contributed by atoms with Gasteiger partial charge in [-0.3, -0.25) is 59.1 Å². The second-order valence-electron chi connectivity index (χ2n) is 20.1. The van der Waals surface area contributed by atoms with Crippen molar-refractivity contribution in [3.63, 3.8) is 0 Å². The first-order chi connectivity index (χ1) is 29.7. The highest BCUT2D eigenvalue weighted by Crippen LogP contribution is 2.13. The minimum Gasteiger partial charge on any atom is -0.480 e. The average molecular weight is 922 g/mol. The maximum atomic E-state index is 13.4. The summed E-state index contributed by atoms with van der Waals surface area (Å²) in [5.74, 6) is -4.60. The first kappa shape index (κ1) is 57.7. The molecule has 0 fully saturated rings. The number of hydrazine groups is 1. The molecule has 20 heteroatoms. The van der Waals surface area contributed by atoms with E-state index < -0.39 is 82.7 Å². The molecule has 1 atom stereocenters. The van der Waals surface area contributed by atoms with Gasteiger partial charge < -0.3 is 34.7 Å². The van der Waals surface area contributed by atoms with Crippen LogP contribution in [0, 0.1) is 5.92 Å². The monoisotopic (exact) mass is 922 g/mol. The summed E-state index contributed by atoms with van der Waals surface area (Å²) in [5.41, 5.74) is 2.39. The van der Waals surface area contributed by atoms with Gasteiger partial charge >= 0.3 is 30.0 Å². The molecular weight excluding hydrogens is 847 g/mol. The Balaban J connectivity index is 3.15. The van der Waals surface area contributed by atoms with Crippen LogP contribution in [0.25, 0.3) is 0 Å². The number of alkyl carbamates (subject to hydrolysis) is 1. The maximum Gasteiger partial charge on any atom is 0.408 e. The van der Waals surface area contributed by atoms with Crippen LogP contribution in [0.1, 0.15) is 119 Å². The predicted molar refractivity (Wildman–Crippen MR) is 241 cm³/mol. The third-order valence-electron chi connectivity index (χ3n) is 8.23. The van der Waals surface area contributed by atoms with Gasteiger partial charge in [-0.05, 0) is 113 Å². The molecule has 0 spiro atoms. The molecule has 1 aromatic carbocycles. The van der Waals surface area contributed by atoms with Gasteiger partial charge in [-0.15, -0.1) is 0 Å². The molecule has 0 saturated heterocycles. The van der Waals surface area contributed by atoms with Crippen LogP contribution in [-0.4, -0.2) is 155 Å². The first-order valence-corrected chi connectivity index (χ1v) is 21.7. The van der Waals surface area contributed by atoms with Crippen molar-refractivity contribution < 1.29 is 62.4 Å². The fraction of sp³-hybridized carbons (Fsp3) is 0.689. The number of carboxylic acid groups (broad SMARTS) is 1. The lowest BCUT2D eigenvalue weighted by molar-refractivity contribution is -0.160. The molecule has 0 aliphatic heterocycles. The zero-order valence-corrected chi connectivity index (χ0v) is 40.9. The Bertz CT molecular complexity index is 1730. The highest BCUT2D eigenvalue weighted by molar-refractivity contribution is 5.96. The smallest absolute Gasteiger partial charge is 0.408 e. The van der Waals surface area contributed by atoms with Crippen LogP contribution in [0.4, 0.5) is 4.79 Å². The first-order valence-electron chi connectivity index (χ1n) is 21.7. The van der Waals surface area contributed by atoms with Crippen LogP contribution < -0.4 is 21.5 Å². The van der Waals surface area contributed by atoms with Crippen LogP contribution in [0.15, 0.2) is 24.3 Å². The second kappa shape index (κ2) is 26.0. The van der Waals surface area contributed by atoms with Crippen LogP contribution in [0.2, 0.25) is 0 Å². The Labute approximate surface area is 384 Å². The highest BCUT2D eigenvalue weighted by atomic mass is 16.6. The van der Waals surface area contributed by atoms with Crippen LogP contribution >= 0.6 is 0 Å². The lowest BCUT2D eigenvalue weighted by Crippen LogP contribution is -2.53. The third kappa shape index (κ3) is 28.9. The van der Waals surface area contributed by atoms with Crippen LogP contribution in [0.3, 0.4) is 0 Å². The van der Waals surface area contributed by atoms with Gasteiger partial charge in [0.05, 0.1) is 32.7 Å². The zero-order chi connectivity index (χ0) is 49.9.